The SMILES string of the molecule is Cc1nc(CN2CCC[C@H](NCC(=O)NCc3cccs3)C2)no1. The largest absolute Gasteiger partial charge is 0.350 e. The quantitative estimate of drug-likeness (QED) is 0.784. The van der Waals surface area contributed by atoms with Gasteiger partial charge in [-0.3, -0.25) is 9.69 Å². The fraction of sp³-hybridized carbons (Fsp3) is 0.562. The van der Waals surface area contributed by atoms with Gasteiger partial charge >= 0.3 is 0 Å². The lowest BCUT2D eigenvalue weighted by atomic mass is 10.1. The second kappa shape index (κ2) is 8.36. The van der Waals surface area contributed by atoms with Crippen LogP contribution in [0.15, 0.2) is 22.0 Å². The molecule has 2 N–H and O–H groups in total. The Morgan fingerprint density at radius 2 is 2.46 bits per heavy atom. The van der Waals surface area contributed by atoms with Gasteiger partial charge in [0.1, 0.15) is 0 Å². The molecule has 1 fully saturated rings. The number of aryl methyl sites for hydroxylation is 1. The molecule has 130 valence electrons. The minimum atomic E-state index is 0.0364. The summed E-state index contributed by atoms with van der Waals surface area (Å²) < 4.78 is 5.01. The molecule has 3 rings (SSSR count). The highest BCUT2D eigenvalue weighted by Crippen LogP contribution is 2.12. The van der Waals surface area contributed by atoms with Crippen molar-refractivity contribution in [3.63, 3.8) is 0 Å². The monoisotopic (exact) mass is 349 g/mol. The molecule has 0 saturated carbocycles. The topological polar surface area (TPSA) is 83.3 Å². The van der Waals surface area contributed by atoms with Crippen LogP contribution >= 0.6 is 11.3 Å². The molecule has 1 atom stereocenters. The van der Waals surface area contributed by atoms with Crippen LogP contribution in [0, 0.1) is 6.92 Å². The highest BCUT2D eigenvalue weighted by Gasteiger charge is 2.21. The number of thiophene rings is 1. The first kappa shape index (κ1) is 17.1. The van der Waals surface area contributed by atoms with Crippen molar-refractivity contribution in [3.05, 3.63) is 34.1 Å². The summed E-state index contributed by atoms with van der Waals surface area (Å²) >= 11 is 1.65. The van der Waals surface area contributed by atoms with E-state index < -0.39 is 0 Å². The molecule has 1 saturated heterocycles. The number of piperidine rings is 1. The molecule has 0 aliphatic carbocycles. The second-order valence-electron chi connectivity index (χ2n) is 6.04. The van der Waals surface area contributed by atoms with Gasteiger partial charge in [-0.15, -0.1) is 11.3 Å². The molecule has 24 heavy (non-hydrogen) atoms. The van der Waals surface area contributed by atoms with Gasteiger partial charge in [-0.1, -0.05) is 11.2 Å². The van der Waals surface area contributed by atoms with E-state index >= 15 is 0 Å². The smallest absolute Gasteiger partial charge is 0.234 e. The fourth-order valence-corrected chi connectivity index (χ4v) is 3.51. The average molecular weight is 349 g/mol. The Labute approximate surface area is 145 Å². The maximum absolute atomic E-state index is 11.9. The first-order valence-corrected chi connectivity index (χ1v) is 9.11. The van der Waals surface area contributed by atoms with Crippen LogP contribution in [0.5, 0.6) is 0 Å². The molecule has 0 bridgehead atoms. The summed E-state index contributed by atoms with van der Waals surface area (Å²) in [5, 5.41) is 12.3. The highest BCUT2D eigenvalue weighted by atomic mass is 32.1. The van der Waals surface area contributed by atoms with E-state index in [2.05, 4.69) is 25.7 Å². The number of carbonyl (C=O) groups excluding carboxylic acids is 1. The summed E-state index contributed by atoms with van der Waals surface area (Å²) in [5.74, 6) is 1.36. The van der Waals surface area contributed by atoms with E-state index in [-0.39, 0.29) is 5.91 Å². The van der Waals surface area contributed by atoms with Gasteiger partial charge in [-0.05, 0) is 30.8 Å². The van der Waals surface area contributed by atoms with Crippen LogP contribution < -0.4 is 10.6 Å². The van der Waals surface area contributed by atoms with Crippen LogP contribution in [0.1, 0.15) is 29.4 Å². The summed E-state index contributed by atoms with van der Waals surface area (Å²) in [6, 6.07) is 4.34. The number of likely N-dealkylation sites (tertiary alicyclic amines) is 1. The van der Waals surface area contributed by atoms with Gasteiger partial charge < -0.3 is 15.2 Å². The highest BCUT2D eigenvalue weighted by molar-refractivity contribution is 7.09. The van der Waals surface area contributed by atoms with Gasteiger partial charge in [0.05, 0.1) is 19.6 Å². The molecule has 0 aromatic carbocycles. The van der Waals surface area contributed by atoms with Crippen molar-refractivity contribution in [1.82, 2.24) is 25.7 Å². The molecule has 2 aromatic rings. The van der Waals surface area contributed by atoms with Gasteiger partial charge in [0.25, 0.3) is 0 Å². The lowest BCUT2D eigenvalue weighted by Gasteiger charge is -2.32. The van der Waals surface area contributed by atoms with Crippen molar-refractivity contribution < 1.29 is 9.32 Å². The first-order valence-electron chi connectivity index (χ1n) is 8.23. The normalized spacial score (nSPS) is 18.6. The number of rotatable bonds is 7. The Kier molecular flexibility index (Phi) is 5.95. The molecule has 3 heterocycles. The molecule has 1 aliphatic rings. The molecule has 8 heteroatoms. The van der Waals surface area contributed by atoms with E-state index in [1.54, 1.807) is 18.3 Å². The van der Waals surface area contributed by atoms with Crippen LogP contribution in [0.4, 0.5) is 0 Å². The maximum atomic E-state index is 11.9. The van der Waals surface area contributed by atoms with Crippen LogP contribution in [-0.2, 0) is 17.9 Å². The Hall–Kier alpha value is -1.77. The first-order chi connectivity index (χ1) is 11.7. The van der Waals surface area contributed by atoms with E-state index in [1.165, 1.54) is 4.88 Å². The Morgan fingerprint density at radius 1 is 1.54 bits per heavy atom. The molecule has 0 radical (unpaired) electrons. The molecular weight excluding hydrogens is 326 g/mol. The maximum Gasteiger partial charge on any atom is 0.234 e. The number of nitrogens with zero attached hydrogens (tertiary/aromatic N) is 3. The zero-order valence-corrected chi connectivity index (χ0v) is 14.6. The summed E-state index contributed by atoms with van der Waals surface area (Å²) in [5.41, 5.74) is 0. The van der Waals surface area contributed by atoms with E-state index in [4.69, 9.17) is 4.52 Å². The van der Waals surface area contributed by atoms with Gasteiger partial charge in [0, 0.05) is 24.4 Å². The van der Waals surface area contributed by atoms with Gasteiger partial charge in [-0.25, -0.2) is 0 Å². The van der Waals surface area contributed by atoms with Crippen molar-refractivity contribution in [3.8, 4) is 0 Å². The zero-order valence-electron chi connectivity index (χ0n) is 13.8. The number of hydrogen-bond donors (Lipinski definition) is 2. The van der Waals surface area contributed by atoms with Crippen LogP contribution in [0.2, 0.25) is 0 Å². The predicted octanol–water partition coefficient (Wildman–Crippen LogP) is 1.31. The number of nitrogens with one attached hydrogen (secondary N) is 2. The molecule has 0 spiro atoms. The summed E-state index contributed by atoms with van der Waals surface area (Å²) in [4.78, 5) is 19.7. The minimum absolute atomic E-state index is 0.0364. The van der Waals surface area contributed by atoms with Gasteiger partial charge in [-0.2, -0.15) is 4.98 Å². The molecular formula is C16H23N5O2S. The number of amides is 1. The zero-order chi connectivity index (χ0) is 16.8. The van der Waals surface area contributed by atoms with Crippen molar-refractivity contribution in [2.75, 3.05) is 19.6 Å². The lowest BCUT2D eigenvalue weighted by molar-refractivity contribution is -0.120. The Balaban J connectivity index is 1.37. The van der Waals surface area contributed by atoms with Crippen LogP contribution in [0.25, 0.3) is 0 Å². The Bertz CT molecular complexity index is 643. The summed E-state index contributed by atoms with van der Waals surface area (Å²) in [6.07, 6.45) is 2.19. The average Bonchev–Trinajstić information content (AvgIpc) is 3.23. The van der Waals surface area contributed by atoms with Crippen LogP contribution in [0.3, 0.4) is 0 Å². The molecule has 7 nitrogen and oxygen atoms in total. The fourth-order valence-electron chi connectivity index (χ4n) is 2.87. The number of carbonyl (C=O) groups is 1. The molecule has 1 aliphatic heterocycles. The van der Waals surface area contributed by atoms with Crippen molar-refractivity contribution in [2.24, 2.45) is 0 Å². The van der Waals surface area contributed by atoms with Crippen molar-refractivity contribution in [1.29, 1.82) is 0 Å². The van der Waals surface area contributed by atoms with E-state index in [0.717, 1.165) is 31.8 Å². The lowest BCUT2D eigenvalue weighted by Crippen LogP contribution is -2.48. The van der Waals surface area contributed by atoms with Crippen LogP contribution in [-0.4, -0.2) is 46.6 Å². The van der Waals surface area contributed by atoms with Gasteiger partial charge in [0.2, 0.25) is 11.8 Å². The third kappa shape index (κ3) is 5.12. The number of aromatic nitrogens is 2. The minimum Gasteiger partial charge on any atom is -0.350 e. The predicted molar refractivity (Wildman–Crippen MR) is 91.5 cm³/mol. The Morgan fingerprint density at radius 3 is 3.21 bits per heavy atom. The van der Waals surface area contributed by atoms with Crippen molar-refractivity contribution >= 4 is 17.2 Å². The van der Waals surface area contributed by atoms with E-state index in [0.29, 0.717) is 31.6 Å². The molecule has 1 amide bonds. The molecule has 0 unspecified atom stereocenters. The second-order valence-corrected chi connectivity index (χ2v) is 7.07. The summed E-state index contributed by atoms with van der Waals surface area (Å²) in [6.45, 7) is 5.37. The standard InChI is InChI=1S/C16H23N5O2S/c1-12-19-15(20-23-12)11-21-6-2-4-13(10-21)17-9-16(22)18-8-14-5-3-7-24-14/h3,5,7,13,17H,2,4,6,8-11H2,1H3,(H,18,22)/t13-/m0/s1. The van der Waals surface area contributed by atoms with E-state index in [9.17, 15) is 4.79 Å². The summed E-state index contributed by atoms with van der Waals surface area (Å²) in [7, 11) is 0. The van der Waals surface area contributed by atoms with E-state index in [1.807, 2.05) is 17.5 Å². The number of hydrogen-bond acceptors (Lipinski definition) is 7. The third-order valence-corrected chi connectivity index (χ3v) is 4.91. The third-order valence-electron chi connectivity index (χ3n) is 4.03. The van der Waals surface area contributed by atoms with Crippen molar-refractivity contribution in [2.45, 2.75) is 38.9 Å². The molecule has 2 aromatic heterocycles. The van der Waals surface area contributed by atoms with Gasteiger partial charge in [0.15, 0.2) is 5.82 Å².